The summed E-state index contributed by atoms with van der Waals surface area (Å²) in [5, 5.41) is 31.3. The van der Waals surface area contributed by atoms with Gasteiger partial charge < -0.3 is 5.11 Å². The van der Waals surface area contributed by atoms with E-state index >= 15 is 0 Å². The molecule has 0 atom stereocenters. The van der Waals surface area contributed by atoms with E-state index in [4.69, 9.17) is 5.11 Å². The van der Waals surface area contributed by atoms with Gasteiger partial charge in [-0.2, -0.15) is 0 Å². The molecule has 0 amide bonds. The number of rotatable bonds is 6. The van der Waals surface area contributed by atoms with Crippen molar-refractivity contribution in [2.24, 2.45) is 0 Å². The van der Waals surface area contributed by atoms with Crippen LogP contribution >= 0.6 is 0 Å². The molecule has 9 heteroatoms. The summed E-state index contributed by atoms with van der Waals surface area (Å²) in [6, 6.07) is 1.72. The summed E-state index contributed by atoms with van der Waals surface area (Å²) in [5.41, 5.74) is -1.69. The lowest BCUT2D eigenvalue weighted by atomic mass is 10.1. The molecule has 1 rings (SSSR count). The summed E-state index contributed by atoms with van der Waals surface area (Å²) in [6.07, 6.45) is 0.655. The molecule has 0 saturated heterocycles. The first-order chi connectivity index (χ1) is 9.61. The van der Waals surface area contributed by atoms with E-state index in [1.807, 2.05) is 6.92 Å². The van der Waals surface area contributed by atoms with Gasteiger partial charge in [0.05, 0.1) is 36.1 Å². The number of aromatic carboxylic acids is 1. The lowest BCUT2D eigenvalue weighted by molar-refractivity contribution is -0.393. The highest BCUT2D eigenvalue weighted by Crippen LogP contribution is 2.41. The van der Waals surface area contributed by atoms with Crippen molar-refractivity contribution in [2.75, 3.05) is 20.6 Å². The fourth-order valence-electron chi connectivity index (χ4n) is 2.30. The van der Waals surface area contributed by atoms with Gasteiger partial charge in [0.1, 0.15) is 0 Å². The maximum absolute atomic E-state index is 11.2. The number of benzene rings is 1. The van der Waals surface area contributed by atoms with E-state index < -0.39 is 32.8 Å². The molecule has 0 saturated carbocycles. The minimum absolute atomic E-state index is 0.0803. The smallest absolute Gasteiger partial charge is 0.337 e. The molecule has 0 aromatic heterocycles. The monoisotopic (exact) mass is 298 g/mol. The maximum Gasteiger partial charge on any atom is 0.337 e. The third kappa shape index (κ3) is 3.31. The summed E-state index contributed by atoms with van der Waals surface area (Å²) in [4.78, 5) is 31.8. The molecule has 0 aliphatic carbocycles. The molecule has 21 heavy (non-hydrogen) atoms. The predicted octanol–water partition coefficient (Wildman–Crippen LogP) is 2.18. The van der Waals surface area contributed by atoms with Crippen molar-refractivity contribution in [1.29, 1.82) is 0 Å². The molecule has 1 aromatic rings. The molecule has 9 nitrogen and oxygen atoms in total. The average Bonchev–Trinajstić information content (AvgIpc) is 2.36. The van der Waals surface area contributed by atoms with Crippen LogP contribution < -0.4 is 4.48 Å². The lowest BCUT2D eigenvalue weighted by Crippen LogP contribution is -2.42. The summed E-state index contributed by atoms with van der Waals surface area (Å²) < 4.78 is -0.0803. The second-order valence-corrected chi connectivity index (χ2v) is 5.09. The Morgan fingerprint density at radius 1 is 1.19 bits per heavy atom. The molecule has 0 aliphatic heterocycles. The Labute approximate surface area is 120 Å². The molecular formula is C12H16N3O6+. The molecule has 0 aliphatic rings. The summed E-state index contributed by atoms with van der Waals surface area (Å²) in [7, 11) is 3.22. The van der Waals surface area contributed by atoms with E-state index in [2.05, 4.69) is 0 Å². The Kier molecular flexibility index (Phi) is 4.58. The minimum Gasteiger partial charge on any atom is -0.478 e. The van der Waals surface area contributed by atoms with Crippen LogP contribution in [0.15, 0.2) is 12.1 Å². The number of carboxylic acid groups (broad SMARTS) is 1. The van der Waals surface area contributed by atoms with Crippen molar-refractivity contribution >= 4 is 23.0 Å². The van der Waals surface area contributed by atoms with Crippen molar-refractivity contribution in [2.45, 2.75) is 13.3 Å². The van der Waals surface area contributed by atoms with E-state index in [1.54, 1.807) is 14.1 Å². The molecular weight excluding hydrogens is 282 g/mol. The Morgan fingerprint density at radius 3 is 1.90 bits per heavy atom. The van der Waals surface area contributed by atoms with Crippen LogP contribution in [0, 0.1) is 20.2 Å². The fourth-order valence-corrected chi connectivity index (χ4v) is 2.30. The quantitative estimate of drug-likeness (QED) is 0.487. The Morgan fingerprint density at radius 2 is 1.62 bits per heavy atom. The van der Waals surface area contributed by atoms with Crippen LogP contribution in [0.25, 0.3) is 0 Å². The van der Waals surface area contributed by atoms with Crippen molar-refractivity contribution in [3.05, 3.63) is 37.9 Å². The van der Waals surface area contributed by atoms with Crippen molar-refractivity contribution in [3.8, 4) is 0 Å². The van der Waals surface area contributed by atoms with Gasteiger partial charge in [-0.25, -0.2) is 4.79 Å². The van der Waals surface area contributed by atoms with Gasteiger partial charge in [0.25, 0.3) is 5.69 Å². The van der Waals surface area contributed by atoms with Gasteiger partial charge >= 0.3 is 17.3 Å². The van der Waals surface area contributed by atoms with Gasteiger partial charge in [0, 0.05) is 12.1 Å². The fraction of sp³-hybridized carbons (Fsp3) is 0.417. The highest BCUT2D eigenvalue weighted by Gasteiger charge is 2.39. The molecule has 0 spiro atoms. The highest BCUT2D eigenvalue weighted by atomic mass is 16.6. The number of hydrogen-bond donors (Lipinski definition) is 1. The van der Waals surface area contributed by atoms with E-state index in [-0.39, 0.29) is 10.2 Å². The summed E-state index contributed by atoms with van der Waals surface area (Å²) in [6.45, 7) is 2.29. The SMILES string of the molecule is CCC[N+](C)(C)c1c([N+](=O)[O-])cc(C(=O)O)cc1[N+](=O)[O-]. The first kappa shape index (κ1) is 16.5. The largest absolute Gasteiger partial charge is 0.478 e. The first-order valence-corrected chi connectivity index (χ1v) is 6.15. The predicted molar refractivity (Wildman–Crippen MR) is 75.5 cm³/mol. The van der Waals surface area contributed by atoms with E-state index in [9.17, 15) is 25.0 Å². The molecule has 1 aromatic carbocycles. The maximum atomic E-state index is 11.2. The van der Waals surface area contributed by atoms with Gasteiger partial charge in [-0.05, 0) is 6.42 Å². The number of carbonyl (C=O) groups is 1. The number of quaternary nitrogens is 1. The van der Waals surface area contributed by atoms with Crippen LogP contribution in [0.4, 0.5) is 17.1 Å². The van der Waals surface area contributed by atoms with E-state index in [0.717, 1.165) is 12.1 Å². The first-order valence-electron chi connectivity index (χ1n) is 6.15. The summed E-state index contributed by atoms with van der Waals surface area (Å²) in [5.74, 6) is -1.45. The molecule has 0 heterocycles. The van der Waals surface area contributed by atoms with Crippen LogP contribution in [0.1, 0.15) is 23.7 Å². The zero-order valence-corrected chi connectivity index (χ0v) is 11.9. The molecule has 1 N–H and O–H groups in total. The van der Waals surface area contributed by atoms with Gasteiger partial charge in [0.2, 0.25) is 0 Å². The van der Waals surface area contributed by atoms with Gasteiger partial charge in [-0.3, -0.25) is 24.7 Å². The van der Waals surface area contributed by atoms with Crippen LogP contribution in [0.2, 0.25) is 0 Å². The molecule has 0 radical (unpaired) electrons. The number of nitrogens with zero attached hydrogens (tertiary/aromatic N) is 3. The van der Waals surface area contributed by atoms with Crippen LogP contribution in [0.3, 0.4) is 0 Å². The van der Waals surface area contributed by atoms with E-state index in [1.165, 1.54) is 0 Å². The molecule has 0 fully saturated rings. The third-order valence-corrected chi connectivity index (χ3v) is 3.10. The number of nitro groups is 2. The van der Waals surface area contributed by atoms with Crippen LogP contribution in [-0.4, -0.2) is 41.6 Å². The summed E-state index contributed by atoms with van der Waals surface area (Å²) >= 11 is 0. The van der Waals surface area contributed by atoms with Crippen LogP contribution in [-0.2, 0) is 0 Å². The minimum atomic E-state index is -1.45. The lowest BCUT2D eigenvalue weighted by Gasteiger charge is -2.27. The van der Waals surface area contributed by atoms with E-state index in [0.29, 0.717) is 13.0 Å². The number of carboxylic acids is 1. The van der Waals surface area contributed by atoms with Gasteiger partial charge in [-0.15, -0.1) is 0 Å². The van der Waals surface area contributed by atoms with Crippen molar-refractivity contribution in [1.82, 2.24) is 4.48 Å². The molecule has 114 valence electrons. The Hall–Kier alpha value is -2.55. The second-order valence-electron chi connectivity index (χ2n) is 5.09. The van der Waals surface area contributed by atoms with Crippen molar-refractivity contribution < 1.29 is 19.7 Å². The third-order valence-electron chi connectivity index (χ3n) is 3.10. The zero-order valence-electron chi connectivity index (χ0n) is 11.9. The Balaban J connectivity index is 3.77. The standard InChI is InChI=1S/C12H15N3O6/c1-4-5-15(2,3)11-9(13(18)19)6-8(12(16)17)7-10(11)14(20)21/h6-7H,4-5H2,1-3H3/p+1. The van der Waals surface area contributed by atoms with Gasteiger partial charge in [-0.1, -0.05) is 6.92 Å². The number of nitro benzene ring substituents is 2. The topological polar surface area (TPSA) is 124 Å². The van der Waals surface area contributed by atoms with Crippen molar-refractivity contribution in [3.63, 3.8) is 0 Å². The highest BCUT2D eigenvalue weighted by molar-refractivity contribution is 5.92. The second kappa shape index (κ2) is 5.83. The Bertz CT molecular complexity index is 576. The zero-order chi connectivity index (χ0) is 16.4. The van der Waals surface area contributed by atoms with Gasteiger partial charge in [0.15, 0.2) is 0 Å². The average molecular weight is 298 g/mol. The van der Waals surface area contributed by atoms with Crippen LogP contribution in [0.5, 0.6) is 0 Å². The normalized spacial score (nSPS) is 11.2. The molecule has 0 bridgehead atoms. The number of hydrogen-bond acceptors (Lipinski definition) is 5. The molecule has 0 unspecified atom stereocenters.